The van der Waals surface area contributed by atoms with Crippen molar-refractivity contribution in [1.82, 2.24) is 0 Å². The van der Waals surface area contributed by atoms with Crippen LogP contribution in [0.25, 0.3) is 0 Å². The maximum absolute atomic E-state index is 11.6. The van der Waals surface area contributed by atoms with Gasteiger partial charge >= 0.3 is 0 Å². The number of hydrogen-bond acceptors (Lipinski definition) is 4. The number of benzene rings is 1. The van der Waals surface area contributed by atoms with Crippen molar-refractivity contribution in [3.8, 4) is 0 Å². The molecule has 0 atom stereocenters. The van der Waals surface area contributed by atoms with Crippen LogP contribution in [-0.2, 0) is 9.84 Å². The second-order valence-corrected chi connectivity index (χ2v) is 6.24. The molecule has 0 heterocycles. The molecule has 0 amide bonds. The average Bonchev–Trinajstić information content (AvgIpc) is 2.36. The summed E-state index contributed by atoms with van der Waals surface area (Å²) in [6.45, 7) is 3.18. The van der Waals surface area contributed by atoms with Gasteiger partial charge in [-0.1, -0.05) is 6.92 Å². The summed E-state index contributed by atoms with van der Waals surface area (Å²) in [6, 6.07) is 6.98. The minimum atomic E-state index is -3.10. The number of nitrogens with zero attached hydrogens (tertiary/aromatic N) is 1. The zero-order valence-electron chi connectivity index (χ0n) is 10.4. The van der Waals surface area contributed by atoms with E-state index in [0.29, 0.717) is 11.4 Å². The molecule has 0 aromatic heterocycles. The summed E-state index contributed by atoms with van der Waals surface area (Å²) < 4.78 is 23.2. The molecular formula is C12H20N2O2S. The smallest absolute Gasteiger partial charge is 0.178 e. The molecule has 0 saturated heterocycles. The summed E-state index contributed by atoms with van der Waals surface area (Å²) in [5.41, 5.74) is 6.46. The SMILES string of the molecule is CCS(=O)(=O)c1ccc(N(C)CCCN)cc1. The van der Waals surface area contributed by atoms with E-state index in [1.807, 2.05) is 19.2 Å². The second-order valence-electron chi connectivity index (χ2n) is 3.96. The third-order valence-corrected chi connectivity index (χ3v) is 4.46. The van der Waals surface area contributed by atoms with E-state index in [9.17, 15) is 8.42 Å². The van der Waals surface area contributed by atoms with Gasteiger partial charge in [-0.15, -0.1) is 0 Å². The number of hydrogen-bond donors (Lipinski definition) is 1. The zero-order chi connectivity index (χ0) is 12.9. The Bertz CT molecular complexity index is 440. The fraction of sp³-hybridized carbons (Fsp3) is 0.500. The van der Waals surface area contributed by atoms with Crippen molar-refractivity contribution >= 4 is 15.5 Å². The first-order valence-electron chi connectivity index (χ1n) is 5.75. The second kappa shape index (κ2) is 6.02. The van der Waals surface area contributed by atoms with E-state index in [2.05, 4.69) is 4.90 Å². The first kappa shape index (κ1) is 14.0. The van der Waals surface area contributed by atoms with Gasteiger partial charge in [-0.2, -0.15) is 0 Å². The summed E-state index contributed by atoms with van der Waals surface area (Å²) >= 11 is 0. The maximum Gasteiger partial charge on any atom is 0.178 e. The van der Waals surface area contributed by atoms with Crippen molar-refractivity contribution in [2.75, 3.05) is 30.8 Å². The highest BCUT2D eigenvalue weighted by Crippen LogP contribution is 2.17. The summed E-state index contributed by atoms with van der Waals surface area (Å²) in [5, 5.41) is 0. The predicted molar refractivity (Wildman–Crippen MR) is 71.1 cm³/mol. The topological polar surface area (TPSA) is 63.4 Å². The molecule has 1 aromatic carbocycles. The first-order valence-corrected chi connectivity index (χ1v) is 7.40. The van der Waals surface area contributed by atoms with E-state index in [0.717, 1.165) is 18.7 Å². The summed E-state index contributed by atoms with van der Waals surface area (Å²) in [6.07, 6.45) is 0.922. The lowest BCUT2D eigenvalue weighted by molar-refractivity contribution is 0.597. The highest BCUT2D eigenvalue weighted by Gasteiger charge is 2.11. The molecule has 0 aliphatic carbocycles. The molecule has 0 fully saturated rings. The van der Waals surface area contributed by atoms with Gasteiger partial charge in [-0.3, -0.25) is 0 Å². The number of nitrogens with two attached hydrogens (primary N) is 1. The van der Waals surface area contributed by atoms with E-state index >= 15 is 0 Å². The molecule has 0 saturated carbocycles. The lowest BCUT2D eigenvalue weighted by Gasteiger charge is -2.19. The quantitative estimate of drug-likeness (QED) is 0.832. The van der Waals surface area contributed by atoms with E-state index in [1.54, 1.807) is 19.1 Å². The monoisotopic (exact) mass is 256 g/mol. The Kier molecular flexibility index (Phi) is 4.96. The molecule has 1 aromatic rings. The van der Waals surface area contributed by atoms with Gasteiger partial charge in [0, 0.05) is 19.3 Å². The molecule has 5 heteroatoms. The average molecular weight is 256 g/mol. The van der Waals surface area contributed by atoms with Gasteiger partial charge in [0.05, 0.1) is 10.6 Å². The molecule has 4 nitrogen and oxygen atoms in total. The summed E-state index contributed by atoms with van der Waals surface area (Å²) in [7, 11) is -1.12. The Morgan fingerprint density at radius 1 is 1.24 bits per heavy atom. The van der Waals surface area contributed by atoms with Crippen LogP contribution in [0.4, 0.5) is 5.69 Å². The van der Waals surface area contributed by atoms with E-state index in [1.165, 1.54) is 0 Å². The molecule has 17 heavy (non-hydrogen) atoms. The summed E-state index contributed by atoms with van der Waals surface area (Å²) in [4.78, 5) is 2.45. The molecule has 0 radical (unpaired) electrons. The fourth-order valence-corrected chi connectivity index (χ4v) is 2.42. The highest BCUT2D eigenvalue weighted by molar-refractivity contribution is 7.91. The van der Waals surface area contributed by atoms with Crippen molar-refractivity contribution < 1.29 is 8.42 Å². The van der Waals surface area contributed by atoms with Crippen LogP contribution in [0.2, 0.25) is 0 Å². The third kappa shape index (κ3) is 3.71. The van der Waals surface area contributed by atoms with Crippen LogP contribution in [0.15, 0.2) is 29.2 Å². The van der Waals surface area contributed by atoms with Crippen molar-refractivity contribution in [3.05, 3.63) is 24.3 Å². The Balaban J connectivity index is 2.81. The molecule has 0 bridgehead atoms. The number of rotatable bonds is 6. The van der Waals surface area contributed by atoms with Crippen LogP contribution < -0.4 is 10.6 Å². The van der Waals surface area contributed by atoms with Crippen LogP contribution in [0.1, 0.15) is 13.3 Å². The van der Waals surface area contributed by atoms with Gasteiger partial charge in [0.25, 0.3) is 0 Å². The highest BCUT2D eigenvalue weighted by atomic mass is 32.2. The van der Waals surface area contributed by atoms with Crippen LogP contribution >= 0.6 is 0 Å². The van der Waals surface area contributed by atoms with Crippen LogP contribution in [-0.4, -0.2) is 34.3 Å². The maximum atomic E-state index is 11.6. The molecular weight excluding hydrogens is 236 g/mol. The number of anilines is 1. The normalized spacial score (nSPS) is 11.5. The van der Waals surface area contributed by atoms with Crippen LogP contribution in [0.3, 0.4) is 0 Å². The van der Waals surface area contributed by atoms with Gasteiger partial charge in [0.15, 0.2) is 9.84 Å². The van der Waals surface area contributed by atoms with Crippen LogP contribution in [0.5, 0.6) is 0 Å². The Morgan fingerprint density at radius 2 is 1.82 bits per heavy atom. The minimum Gasteiger partial charge on any atom is -0.375 e. The molecule has 0 aliphatic heterocycles. The first-order chi connectivity index (χ1) is 8.01. The van der Waals surface area contributed by atoms with Crippen molar-refractivity contribution in [2.45, 2.75) is 18.2 Å². The summed E-state index contributed by atoms with van der Waals surface area (Å²) in [5.74, 6) is 0.134. The Hall–Kier alpha value is -1.07. The van der Waals surface area contributed by atoms with Crippen LogP contribution in [0, 0.1) is 0 Å². The fourth-order valence-electron chi connectivity index (χ4n) is 1.53. The standard InChI is InChI=1S/C12H20N2O2S/c1-3-17(15,16)12-7-5-11(6-8-12)14(2)10-4-9-13/h5-8H,3-4,9-10,13H2,1-2H3. The van der Waals surface area contributed by atoms with Gasteiger partial charge in [0.2, 0.25) is 0 Å². The molecule has 0 unspecified atom stereocenters. The van der Waals surface area contributed by atoms with Crippen molar-refractivity contribution in [1.29, 1.82) is 0 Å². The van der Waals surface area contributed by atoms with E-state index < -0.39 is 9.84 Å². The van der Waals surface area contributed by atoms with Gasteiger partial charge in [0.1, 0.15) is 0 Å². The Morgan fingerprint density at radius 3 is 2.29 bits per heavy atom. The molecule has 96 valence electrons. The molecule has 2 N–H and O–H groups in total. The van der Waals surface area contributed by atoms with Gasteiger partial charge < -0.3 is 10.6 Å². The lowest BCUT2D eigenvalue weighted by Crippen LogP contribution is -2.20. The van der Waals surface area contributed by atoms with E-state index in [4.69, 9.17) is 5.73 Å². The Labute approximate surface area is 103 Å². The predicted octanol–water partition coefficient (Wildman–Crippen LogP) is 1.27. The van der Waals surface area contributed by atoms with E-state index in [-0.39, 0.29) is 5.75 Å². The third-order valence-electron chi connectivity index (χ3n) is 2.71. The number of sulfone groups is 1. The minimum absolute atomic E-state index is 0.134. The van der Waals surface area contributed by atoms with Gasteiger partial charge in [-0.25, -0.2) is 8.42 Å². The molecule has 1 rings (SSSR count). The molecule has 0 aliphatic rings. The van der Waals surface area contributed by atoms with Crippen molar-refractivity contribution in [3.63, 3.8) is 0 Å². The largest absolute Gasteiger partial charge is 0.375 e. The zero-order valence-corrected chi connectivity index (χ0v) is 11.2. The molecule has 0 spiro atoms. The van der Waals surface area contributed by atoms with Gasteiger partial charge in [-0.05, 0) is 37.2 Å². The lowest BCUT2D eigenvalue weighted by atomic mass is 10.3. The van der Waals surface area contributed by atoms with Crippen molar-refractivity contribution in [2.24, 2.45) is 5.73 Å².